The van der Waals surface area contributed by atoms with E-state index in [1.807, 2.05) is 6.92 Å². The lowest BCUT2D eigenvalue weighted by molar-refractivity contribution is 0.240. The second-order valence-electron chi connectivity index (χ2n) is 2.10. The number of aromatic nitrogens is 2. The summed E-state index contributed by atoms with van der Waals surface area (Å²) in [6.07, 6.45) is 1.11. The summed E-state index contributed by atoms with van der Waals surface area (Å²) in [6.45, 7) is 1.82. The van der Waals surface area contributed by atoms with Crippen LogP contribution in [0.4, 0.5) is 5.82 Å². The quantitative estimate of drug-likeness (QED) is 0.498. The maximum Gasteiger partial charge on any atom is 0.188 e. The Hall–Kier alpha value is -0.530. The van der Waals surface area contributed by atoms with E-state index in [4.69, 9.17) is 5.21 Å². The molecule has 0 aliphatic rings. The highest BCUT2D eigenvalue weighted by Crippen LogP contribution is 2.24. The first-order valence-corrected chi connectivity index (χ1v) is 4.85. The van der Waals surface area contributed by atoms with Crippen LogP contribution in [0.2, 0.25) is 0 Å². The number of nitrogens with zero attached hydrogens (tertiary/aromatic N) is 3. The van der Waals surface area contributed by atoms with E-state index in [9.17, 15) is 0 Å². The van der Waals surface area contributed by atoms with Crippen LogP contribution in [0.25, 0.3) is 0 Å². The molecule has 0 fully saturated rings. The van der Waals surface area contributed by atoms with E-state index < -0.39 is 0 Å². The smallest absolute Gasteiger partial charge is 0.188 e. The molecule has 1 aromatic heterocycles. The van der Waals surface area contributed by atoms with E-state index in [2.05, 4.69) is 46.8 Å². The molecule has 0 spiro atoms. The van der Waals surface area contributed by atoms with E-state index in [-0.39, 0.29) is 0 Å². The summed E-state index contributed by atoms with van der Waals surface area (Å²) in [5, 5.41) is 8.27. The van der Waals surface area contributed by atoms with Crippen molar-refractivity contribution in [3.05, 3.63) is 14.9 Å². The molecule has 0 saturated carbocycles. The first-order chi connectivity index (χ1) is 6.15. The molecule has 0 radical (unpaired) electrons. The fourth-order valence-electron chi connectivity index (χ4n) is 0.636. The molecule has 0 aliphatic carbocycles. The molecule has 7 heteroatoms. The summed E-state index contributed by atoms with van der Waals surface area (Å²) in [5.74, 6) is 0.388. The Morgan fingerprint density at radius 2 is 2.08 bits per heavy atom. The average Bonchev–Trinajstić information content (AvgIpc) is 2.09. The lowest BCUT2D eigenvalue weighted by Gasteiger charge is -2.00. The van der Waals surface area contributed by atoms with E-state index in [1.165, 1.54) is 0 Å². The molecule has 0 unspecified atom stereocenters. The molecule has 5 nitrogen and oxygen atoms in total. The Kier molecular flexibility index (Phi) is 3.76. The molecule has 0 atom stereocenters. The molecular formula is C6H6Br2N4O. The van der Waals surface area contributed by atoms with Crippen molar-refractivity contribution in [3.63, 3.8) is 0 Å². The molecule has 1 rings (SSSR count). The van der Waals surface area contributed by atoms with Gasteiger partial charge in [0.15, 0.2) is 10.4 Å². The van der Waals surface area contributed by atoms with E-state index in [0.717, 1.165) is 12.0 Å². The van der Waals surface area contributed by atoms with Crippen LogP contribution < -0.4 is 5.48 Å². The molecule has 0 bridgehead atoms. The predicted molar refractivity (Wildman–Crippen MR) is 55.2 cm³/mol. The second kappa shape index (κ2) is 4.64. The molecule has 2 N–H and O–H groups in total. The third-order valence-electron chi connectivity index (χ3n) is 1.20. The fraction of sp³-hybridized carbons (Fsp3) is 0.167. The predicted octanol–water partition coefficient (Wildman–Crippen LogP) is 1.95. The number of rotatable bonds is 2. The Labute approximate surface area is 91.5 Å². The van der Waals surface area contributed by atoms with Crippen LogP contribution in [-0.2, 0) is 0 Å². The van der Waals surface area contributed by atoms with Crippen LogP contribution in [0.1, 0.15) is 5.69 Å². The molecule has 1 aromatic rings. The van der Waals surface area contributed by atoms with Crippen molar-refractivity contribution >= 4 is 44.0 Å². The molecule has 70 valence electrons. The molecule has 13 heavy (non-hydrogen) atoms. The minimum atomic E-state index is 0.388. The maximum absolute atomic E-state index is 8.27. The summed E-state index contributed by atoms with van der Waals surface area (Å²) >= 11 is 6.41. The zero-order valence-corrected chi connectivity index (χ0v) is 9.79. The molecule has 0 amide bonds. The van der Waals surface area contributed by atoms with Gasteiger partial charge in [-0.25, -0.2) is 15.0 Å². The first kappa shape index (κ1) is 10.6. The first-order valence-electron chi connectivity index (χ1n) is 3.27. The monoisotopic (exact) mass is 308 g/mol. The SMILES string of the molecule is Cc1nc(Br)c(N=CNO)nc1Br. The average molecular weight is 310 g/mol. The Balaban J connectivity index is 3.08. The topological polar surface area (TPSA) is 70.4 Å². The van der Waals surface area contributed by atoms with Crippen molar-refractivity contribution < 1.29 is 5.21 Å². The van der Waals surface area contributed by atoms with Gasteiger partial charge >= 0.3 is 0 Å². The van der Waals surface area contributed by atoms with Crippen LogP contribution in [0.15, 0.2) is 14.2 Å². The summed E-state index contributed by atoms with van der Waals surface area (Å²) in [5.41, 5.74) is 2.55. The highest BCUT2D eigenvalue weighted by atomic mass is 79.9. The van der Waals surface area contributed by atoms with Crippen molar-refractivity contribution in [2.24, 2.45) is 4.99 Å². The van der Waals surface area contributed by atoms with Crippen molar-refractivity contribution in [2.45, 2.75) is 6.92 Å². The Morgan fingerprint density at radius 1 is 1.38 bits per heavy atom. The molecule has 1 heterocycles. The third kappa shape index (κ3) is 2.71. The van der Waals surface area contributed by atoms with Crippen molar-refractivity contribution in [2.75, 3.05) is 0 Å². The summed E-state index contributed by atoms with van der Waals surface area (Å²) in [7, 11) is 0. The highest BCUT2D eigenvalue weighted by Gasteiger charge is 2.05. The van der Waals surface area contributed by atoms with Gasteiger partial charge in [0.05, 0.1) is 5.69 Å². The van der Waals surface area contributed by atoms with Gasteiger partial charge in [-0.05, 0) is 38.8 Å². The van der Waals surface area contributed by atoms with Crippen LogP contribution in [-0.4, -0.2) is 21.5 Å². The minimum absolute atomic E-state index is 0.388. The third-order valence-corrected chi connectivity index (χ3v) is 2.48. The zero-order chi connectivity index (χ0) is 9.84. The highest BCUT2D eigenvalue weighted by molar-refractivity contribution is 9.11. The number of nitrogens with one attached hydrogen (secondary N) is 1. The van der Waals surface area contributed by atoms with Gasteiger partial charge in [-0.3, -0.25) is 10.7 Å². The number of aryl methyl sites for hydroxylation is 1. The standard InChI is InChI=1S/C6H6Br2N4O/c1-3-4(7)12-6(5(8)11-3)9-2-10-13/h2,13H,1H3,(H,9,10,12). The second-order valence-corrected chi connectivity index (χ2v) is 3.60. The molecule has 0 saturated heterocycles. The molecular weight excluding hydrogens is 304 g/mol. The van der Waals surface area contributed by atoms with Gasteiger partial charge < -0.3 is 0 Å². The fourth-order valence-corrected chi connectivity index (χ4v) is 1.35. The lowest BCUT2D eigenvalue weighted by atomic mass is 10.5. The van der Waals surface area contributed by atoms with Gasteiger partial charge in [0.2, 0.25) is 0 Å². The van der Waals surface area contributed by atoms with E-state index >= 15 is 0 Å². The van der Waals surface area contributed by atoms with Crippen molar-refractivity contribution in [1.29, 1.82) is 0 Å². The number of hydrogen-bond acceptors (Lipinski definition) is 4. The summed E-state index contributed by atoms with van der Waals surface area (Å²) in [6, 6.07) is 0. The van der Waals surface area contributed by atoms with Crippen molar-refractivity contribution in [3.8, 4) is 0 Å². The van der Waals surface area contributed by atoms with Gasteiger partial charge in [0.1, 0.15) is 10.9 Å². The van der Waals surface area contributed by atoms with Crippen LogP contribution in [0, 0.1) is 6.92 Å². The van der Waals surface area contributed by atoms with Crippen molar-refractivity contribution in [1.82, 2.24) is 15.4 Å². The molecule has 0 aromatic carbocycles. The summed E-state index contributed by atoms with van der Waals surface area (Å²) < 4.78 is 1.15. The molecule has 0 aliphatic heterocycles. The minimum Gasteiger partial charge on any atom is -0.290 e. The van der Waals surface area contributed by atoms with Gasteiger partial charge in [0, 0.05) is 0 Å². The normalized spacial score (nSPS) is 10.8. The zero-order valence-electron chi connectivity index (χ0n) is 6.62. The van der Waals surface area contributed by atoms with Gasteiger partial charge in [0.25, 0.3) is 0 Å². The van der Waals surface area contributed by atoms with Crippen LogP contribution in [0.3, 0.4) is 0 Å². The number of aliphatic imine (C=N–C) groups is 1. The number of hydrogen-bond donors (Lipinski definition) is 2. The van der Waals surface area contributed by atoms with E-state index in [1.54, 1.807) is 5.48 Å². The number of halogens is 2. The van der Waals surface area contributed by atoms with Gasteiger partial charge in [-0.1, -0.05) is 0 Å². The van der Waals surface area contributed by atoms with E-state index in [0.29, 0.717) is 15.0 Å². The van der Waals surface area contributed by atoms with Crippen LogP contribution in [0.5, 0.6) is 0 Å². The Bertz CT molecular complexity index is 342. The van der Waals surface area contributed by atoms with Crippen LogP contribution >= 0.6 is 31.9 Å². The van der Waals surface area contributed by atoms with Gasteiger partial charge in [-0.2, -0.15) is 0 Å². The Morgan fingerprint density at radius 3 is 2.69 bits per heavy atom. The maximum atomic E-state index is 8.27. The largest absolute Gasteiger partial charge is 0.290 e. The summed E-state index contributed by atoms with van der Waals surface area (Å²) in [4.78, 5) is 12.0. The number of hydroxylamine groups is 1. The lowest BCUT2D eigenvalue weighted by Crippen LogP contribution is -2.01. The van der Waals surface area contributed by atoms with Gasteiger partial charge in [-0.15, -0.1) is 0 Å².